The van der Waals surface area contributed by atoms with Crippen LogP contribution < -0.4 is 15.8 Å². The molecule has 11 nitrogen and oxygen atoms in total. The molecule has 4 aromatic rings. The largest absolute Gasteiger partial charge is 0.495 e. The molecule has 0 spiro atoms. The summed E-state index contributed by atoms with van der Waals surface area (Å²) in [5.74, 6) is -5.70. The predicted octanol–water partition coefficient (Wildman–Crippen LogP) is 4.59. The molecule has 2 amide bonds. The van der Waals surface area contributed by atoms with Gasteiger partial charge in [0.15, 0.2) is 6.10 Å². The number of fused-ring (bicyclic) bond motifs is 1. The highest BCUT2D eigenvalue weighted by Gasteiger charge is 2.46. The molecule has 0 aromatic carbocycles. The third-order valence-corrected chi connectivity index (χ3v) is 8.40. The molecule has 4 heterocycles. The van der Waals surface area contributed by atoms with Crippen LogP contribution in [0.25, 0.3) is 33.5 Å². The van der Waals surface area contributed by atoms with E-state index in [1.54, 1.807) is 28.8 Å². The Bertz CT molecular complexity index is 1640. The summed E-state index contributed by atoms with van der Waals surface area (Å²) in [6.07, 6.45) is 1.60. The van der Waals surface area contributed by atoms with E-state index in [4.69, 9.17) is 15.2 Å². The summed E-state index contributed by atoms with van der Waals surface area (Å²) in [6.45, 7) is 8.47. The molecule has 4 rings (SSSR count). The Labute approximate surface area is 248 Å². The van der Waals surface area contributed by atoms with Crippen molar-refractivity contribution in [2.45, 2.75) is 51.4 Å². The van der Waals surface area contributed by atoms with Crippen molar-refractivity contribution in [3.05, 3.63) is 54.5 Å². The van der Waals surface area contributed by atoms with Crippen LogP contribution in [0.5, 0.6) is 5.75 Å². The zero-order chi connectivity index (χ0) is 31.5. The third-order valence-electron chi connectivity index (χ3n) is 6.69. The molecule has 0 radical (unpaired) electrons. The number of nitrogens with one attached hydrogen (secondary N) is 1. The van der Waals surface area contributed by atoms with Crippen LogP contribution in [0, 0.1) is 0 Å². The van der Waals surface area contributed by atoms with E-state index in [1.807, 2.05) is 0 Å². The fourth-order valence-electron chi connectivity index (χ4n) is 4.41. The van der Waals surface area contributed by atoms with Gasteiger partial charge < -0.3 is 30.2 Å². The fourth-order valence-corrected chi connectivity index (χ4v) is 5.17. The molecular formula is C29H34F2N6O5Si. The maximum absolute atomic E-state index is 14.5. The number of carbonyl (C=O) groups excluding carboxylic acids is 2. The van der Waals surface area contributed by atoms with Gasteiger partial charge in [-0.15, -0.1) is 0 Å². The molecule has 4 aromatic heterocycles. The molecule has 0 aliphatic carbocycles. The molecule has 14 heteroatoms. The van der Waals surface area contributed by atoms with Crippen molar-refractivity contribution < 1.29 is 33.0 Å². The number of hydrogen-bond donors (Lipinski definition) is 3. The van der Waals surface area contributed by atoms with Gasteiger partial charge in [0, 0.05) is 45.1 Å². The second kappa shape index (κ2) is 12.5. The van der Waals surface area contributed by atoms with Gasteiger partial charge in [-0.05, 0) is 36.4 Å². The monoisotopic (exact) mass is 612 g/mol. The molecule has 0 aliphatic rings. The molecule has 0 aliphatic heterocycles. The topological polar surface area (TPSA) is 154 Å². The lowest BCUT2D eigenvalue weighted by atomic mass is 10.0. The van der Waals surface area contributed by atoms with Crippen molar-refractivity contribution in [2.75, 3.05) is 19.0 Å². The van der Waals surface area contributed by atoms with Crippen LogP contribution in [0.1, 0.15) is 18.6 Å². The molecule has 0 bridgehead atoms. The number of nitrogens with two attached hydrogens (primary N) is 1. The average molecular weight is 613 g/mol. The molecule has 0 saturated carbocycles. The summed E-state index contributed by atoms with van der Waals surface area (Å²) in [5.41, 5.74) is 7.45. The highest BCUT2D eigenvalue weighted by molar-refractivity contribution is 6.76. The van der Waals surface area contributed by atoms with Crippen LogP contribution in [0.4, 0.5) is 14.6 Å². The van der Waals surface area contributed by atoms with Crippen molar-refractivity contribution >= 4 is 36.7 Å². The highest BCUT2D eigenvalue weighted by Crippen LogP contribution is 2.42. The van der Waals surface area contributed by atoms with Gasteiger partial charge in [-0.1, -0.05) is 19.6 Å². The van der Waals surface area contributed by atoms with Gasteiger partial charge in [-0.3, -0.25) is 19.6 Å². The summed E-state index contributed by atoms with van der Waals surface area (Å²) in [4.78, 5) is 36.5. The number of aliphatic hydroxyl groups is 1. The van der Waals surface area contributed by atoms with Crippen molar-refractivity contribution in [3.63, 3.8) is 0 Å². The van der Waals surface area contributed by atoms with Crippen LogP contribution in [-0.2, 0) is 21.1 Å². The highest BCUT2D eigenvalue weighted by atomic mass is 28.3. The second-order valence-electron chi connectivity index (χ2n) is 11.2. The molecule has 0 fully saturated rings. The van der Waals surface area contributed by atoms with E-state index in [0.717, 1.165) is 12.2 Å². The van der Waals surface area contributed by atoms with E-state index in [2.05, 4.69) is 39.9 Å². The summed E-state index contributed by atoms with van der Waals surface area (Å²) in [7, 11) is 0.0774. The Morgan fingerprint density at radius 2 is 1.88 bits per heavy atom. The number of pyridine rings is 3. The lowest BCUT2D eigenvalue weighted by Crippen LogP contribution is -2.41. The van der Waals surface area contributed by atoms with Crippen LogP contribution in [0.15, 0.2) is 48.9 Å². The van der Waals surface area contributed by atoms with Gasteiger partial charge in [-0.2, -0.15) is 8.78 Å². The van der Waals surface area contributed by atoms with Crippen LogP contribution >= 0.6 is 0 Å². The van der Waals surface area contributed by atoms with E-state index in [0.29, 0.717) is 51.7 Å². The normalized spacial score (nSPS) is 12.7. The first kappa shape index (κ1) is 31.7. The number of primary amides is 1. The number of anilines is 1. The minimum absolute atomic E-state index is 0.00228. The van der Waals surface area contributed by atoms with Gasteiger partial charge in [0.2, 0.25) is 5.91 Å². The maximum atomic E-state index is 14.5. The zero-order valence-corrected chi connectivity index (χ0v) is 25.5. The van der Waals surface area contributed by atoms with Gasteiger partial charge in [0.25, 0.3) is 5.91 Å². The van der Waals surface area contributed by atoms with Crippen molar-refractivity contribution in [1.82, 2.24) is 19.5 Å². The molecular weight excluding hydrogens is 578 g/mol. The number of amides is 2. The van der Waals surface area contributed by atoms with Crippen molar-refractivity contribution in [1.29, 1.82) is 0 Å². The maximum Gasteiger partial charge on any atom is 0.353 e. The zero-order valence-electron chi connectivity index (χ0n) is 24.5. The summed E-state index contributed by atoms with van der Waals surface area (Å²) < 4.78 is 42.1. The lowest BCUT2D eigenvalue weighted by molar-refractivity contribution is -0.160. The Balaban J connectivity index is 2.00. The smallest absolute Gasteiger partial charge is 0.353 e. The molecule has 228 valence electrons. The molecule has 4 N–H and O–H groups in total. The second-order valence-corrected chi connectivity index (χ2v) is 16.8. The summed E-state index contributed by atoms with van der Waals surface area (Å²) in [6, 6.07) is 9.05. The summed E-state index contributed by atoms with van der Waals surface area (Å²) in [5, 5.41) is 13.1. The number of aromatic nitrogens is 4. The number of rotatable bonds is 12. The number of alkyl halides is 2. The summed E-state index contributed by atoms with van der Waals surface area (Å²) >= 11 is 0. The number of nitrogens with zero attached hydrogens (tertiary/aromatic N) is 4. The van der Waals surface area contributed by atoms with Crippen molar-refractivity contribution in [3.8, 4) is 28.3 Å². The first-order chi connectivity index (χ1) is 20.2. The number of methoxy groups -OCH3 is 1. The van der Waals surface area contributed by atoms with Crippen LogP contribution in [-0.4, -0.2) is 64.2 Å². The average Bonchev–Trinajstić information content (AvgIpc) is 3.27. The van der Waals surface area contributed by atoms with E-state index < -0.39 is 26.0 Å². The number of aliphatic hydroxyl groups excluding tert-OH is 1. The van der Waals surface area contributed by atoms with Gasteiger partial charge >= 0.3 is 5.92 Å². The standard InChI is InChI=1S/C29H34F2N6O5Si/c1-17(38)36-23-13-18(8-9-33-23)26-24(21-7-6-20(41-2)15-34-21)25-22(37(26)16-42-10-11-43(3,4)5)12-19(14-35-25)27(39)29(30,31)28(32)40/h6-9,12-15,27,39H,10-11,16H2,1-5H3,(H2,32,40)(H,33,36,38). The lowest BCUT2D eigenvalue weighted by Gasteiger charge is -2.20. The molecule has 0 saturated heterocycles. The fraction of sp³-hybridized carbons (Fsp3) is 0.345. The first-order valence-electron chi connectivity index (χ1n) is 13.4. The number of hydrogen-bond acceptors (Lipinski definition) is 8. The van der Waals surface area contributed by atoms with Crippen LogP contribution in [0.2, 0.25) is 25.7 Å². The minimum atomic E-state index is -4.23. The Morgan fingerprint density at radius 3 is 2.49 bits per heavy atom. The van der Waals surface area contributed by atoms with E-state index in [1.165, 1.54) is 32.5 Å². The SMILES string of the molecule is COc1ccc(-c2c(-c3ccnc(NC(C)=O)c3)n(COCC[Si](C)(C)C)c3cc(C(O)C(F)(F)C(N)=O)cnc23)nc1. The van der Waals surface area contributed by atoms with Gasteiger partial charge in [-0.25, -0.2) is 4.98 Å². The van der Waals surface area contributed by atoms with E-state index in [-0.39, 0.29) is 18.2 Å². The number of carbonyl (C=O) groups is 2. The predicted molar refractivity (Wildman–Crippen MR) is 160 cm³/mol. The Hall–Kier alpha value is -4.27. The van der Waals surface area contributed by atoms with E-state index >= 15 is 0 Å². The first-order valence-corrected chi connectivity index (χ1v) is 17.1. The number of ether oxygens (including phenoxy) is 2. The van der Waals surface area contributed by atoms with Gasteiger partial charge in [0.05, 0.1) is 41.3 Å². The van der Waals surface area contributed by atoms with E-state index in [9.17, 15) is 23.5 Å². The van der Waals surface area contributed by atoms with Crippen molar-refractivity contribution in [2.24, 2.45) is 5.73 Å². The quantitative estimate of drug-likeness (QED) is 0.155. The van der Waals surface area contributed by atoms with Gasteiger partial charge in [0.1, 0.15) is 18.3 Å². The molecule has 1 unspecified atom stereocenters. The Morgan fingerprint density at radius 1 is 1.14 bits per heavy atom. The van der Waals surface area contributed by atoms with Crippen LogP contribution in [0.3, 0.4) is 0 Å². The molecule has 1 atom stereocenters. The molecule has 43 heavy (non-hydrogen) atoms. The Kier molecular flexibility index (Phi) is 9.23. The third kappa shape index (κ3) is 7.04. The number of halogens is 2. The minimum Gasteiger partial charge on any atom is -0.495 e.